The number of amides is 1. The molecule has 0 bridgehead atoms. The van der Waals surface area contributed by atoms with Gasteiger partial charge in [0.1, 0.15) is 17.7 Å². The SMILES string of the molecule is COC(=O)[C@@H]1C[C@H](Oc2ccccc2F)CN1C(=O)c1cc2ccccc2o1. The molecule has 1 amide bonds. The van der Waals surface area contributed by atoms with Crippen LogP contribution in [0.4, 0.5) is 4.39 Å². The first-order valence-electron chi connectivity index (χ1n) is 8.85. The van der Waals surface area contributed by atoms with E-state index in [1.54, 1.807) is 24.3 Å². The van der Waals surface area contributed by atoms with Gasteiger partial charge in [-0.1, -0.05) is 30.3 Å². The van der Waals surface area contributed by atoms with Crippen molar-refractivity contribution in [1.29, 1.82) is 0 Å². The monoisotopic (exact) mass is 383 g/mol. The number of fused-ring (bicyclic) bond motifs is 1. The summed E-state index contributed by atoms with van der Waals surface area (Å²) in [6.45, 7) is 0.115. The number of methoxy groups -OCH3 is 1. The van der Waals surface area contributed by atoms with Crippen LogP contribution in [0.15, 0.2) is 59.0 Å². The molecule has 6 nitrogen and oxygen atoms in total. The van der Waals surface area contributed by atoms with E-state index in [2.05, 4.69) is 0 Å². The number of benzene rings is 2. The van der Waals surface area contributed by atoms with Crippen LogP contribution in [-0.2, 0) is 9.53 Å². The second-order valence-electron chi connectivity index (χ2n) is 6.55. The van der Waals surface area contributed by atoms with Crippen molar-refractivity contribution < 1.29 is 27.9 Å². The van der Waals surface area contributed by atoms with Crippen molar-refractivity contribution in [3.63, 3.8) is 0 Å². The summed E-state index contributed by atoms with van der Waals surface area (Å²) in [5.74, 6) is -1.29. The van der Waals surface area contributed by atoms with Gasteiger partial charge in [0, 0.05) is 11.8 Å². The zero-order valence-electron chi connectivity index (χ0n) is 15.1. The summed E-state index contributed by atoms with van der Waals surface area (Å²) in [7, 11) is 1.26. The van der Waals surface area contributed by atoms with Gasteiger partial charge >= 0.3 is 5.97 Å². The van der Waals surface area contributed by atoms with E-state index >= 15 is 0 Å². The quantitative estimate of drug-likeness (QED) is 0.646. The lowest BCUT2D eigenvalue weighted by Gasteiger charge is -2.21. The minimum atomic E-state index is -0.831. The molecular formula is C21H18FNO5. The molecule has 0 radical (unpaired) electrons. The van der Waals surface area contributed by atoms with Gasteiger partial charge in [0.05, 0.1) is 13.7 Å². The number of carbonyl (C=O) groups is 2. The largest absolute Gasteiger partial charge is 0.485 e. The van der Waals surface area contributed by atoms with Crippen molar-refractivity contribution in [3.05, 3.63) is 66.2 Å². The highest BCUT2D eigenvalue weighted by Gasteiger charge is 2.42. The van der Waals surface area contributed by atoms with Crippen LogP contribution in [0.5, 0.6) is 5.75 Å². The van der Waals surface area contributed by atoms with E-state index in [1.165, 1.54) is 24.1 Å². The molecule has 0 saturated carbocycles. The molecule has 0 N–H and O–H groups in total. The molecule has 1 aromatic heterocycles. The molecule has 2 aromatic carbocycles. The van der Waals surface area contributed by atoms with Gasteiger partial charge < -0.3 is 18.8 Å². The minimum Gasteiger partial charge on any atom is -0.485 e. The molecule has 1 aliphatic heterocycles. The van der Waals surface area contributed by atoms with Gasteiger partial charge in [-0.3, -0.25) is 4.79 Å². The second kappa shape index (κ2) is 7.34. The van der Waals surface area contributed by atoms with Crippen LogP contribution >= 0.6 is 0 Å². The number of rotatable bonds is 4. The average Bonchev–Trinajstić information content (AvgIpc) is 3.33. The first kappa shape index (κ1) is 18.0. The summed E-state index contributed by atoms with van der Waals surface area (Å²) >= 11 is 0. The second-order valence-corrected chi connectivity index (χ2v) is 6.55. The number of ether oxygens (including phenoxy) is 2. The molecule has 7 heteroatoms. The Kier molecular flexibility index (Phi) is 4.73. The number of para-hydroxylation sites is 2. The van der Waals surface area contributed by atoms with Crippen LogP contribution in [0.3, 0.4) is 0 Å². The maximum atomic E-state index is 13.9. The Morgan fingerprint density at radius 1 is 1.14 bits per heavy atom. The molecule has 1 aliphatic rings. The lowest BCUT2D eigenvalue weighted by atomic mass is 10.2. The summed E-state index contributed by atoms with van der Waals surface area (Å²) in [5, 5.41) is 0.791. The third-order valence-corrected chi connectivity index (χ3v) is 4.76. The standard InChI is InChI=1S/C21H18FNO5/c1-26-21(25)16-11-14(27-18-9-5-3-7-15(18)22)12-23(16)20(24)19-10-13-6-2-4-8-17(13)28-19/h2-10,14,16H,11-12H2,1H3/t14-,16-/m0/s1. The van der Waals surface area contributed by atoms with Gasteiger partial charge in [-0.15, -0.1) is 0 Å². The van der Waals surface area contributed by atoms with Crippen LogP contribution in [0.1, 0.15) is 17.0 Å². The maximum absolute atomic E-state index is 13.9. The molecule has 0 spiro atoms. The Hall–Kier alpha value is -3.35. The summed E-state index contributed by atoms with van der Waals surface area (Å²) in [6.07, 6.45) is -0.346. The topological polar surface area (TPSA) is 69.0 Å². The highest BCUT2D eigenvalue weighted by molar-refractivity contribution is 5.98. The predicted molar refractivity (Wildman–Crippen MR) is 98.5 cm³/mol. The minimum absolute atomic E-state index is 0.0779. The molecule has 2 heterocycles. The summed E-state index contributed by atoms with van der Waals surface area (Å²) in [5.41, 5.74) is 0.582. The van der Waals surface area contributed by atoms with Crippen LogP contribution in [0.25, 0.3) is 11.0 Å². The van der Waals surface area contributed by atoms with Crippen LogP contribution < -0.4 is 4.74 Å². The van der Waals surface area contributed by atoms with Crippen LogP contribution in [0, 0.1) is 5.82 Å². The summed E-state index contributed by atoms with van der Waals surface area (Å²) in [6, 6.07) is 14.1. The smallest absolute Gasteiger partial charge is 0.328 e. The molecule has 1 saturated heterocycles. The van der Waals surface area contributed by atoms with Crippen molar-refractivity contribution >= 4 is 22.8 Å². The van der Waals surface area contributed by atoms with Gasteiger partial charge in [-0.25, -0.2) is 9.18 Å². The molecule has 0 aliphatic carbocycles. The number of hydrogen-bond donors (Lipinski definition) is 0. The van der Waals surface area contributed by atoms with Crippen molar-refractivity contribution in [2.75, 3.05) is 13.7 Å². The first-order valence-corrected chi connectivity index (χ1v) is 8.85. The lowest BCUT2D eigenvalue weighted by molar-refractivity contribution is -0.145. The Labute approximate surface area is 160 Å². The molecular weight excluding hydrogens is 365 g/mol. The van der Waals surface area contributed by atoms with Crippen molar-refractivity contribution in [2.45, 2.75) is 18.6 Å². The average molecular weight is 383 g/mol. The third kappa shape index (κ3) is 3.31. The van der Waals surface area contributed by atoms with Crippen molar-refractivity contribution in [3.8, 4) is 5.75 Å². The normalized spacial score (nSPS) is 19.0. The Morgan fingerprint density at radius 2 is 1.89 bits per heavy atom. The fraction of sp³-hybridized carbons (Fsp3) is 0.238. The Bertz CT molecular complexity index is 997. The Morgan fingerprint density at radius 3 is 2.64 bits per heavy atom. The number of furan rings is 1. The fourth-order valence-electron chi connectivity index (χ4n) is 3.42. The highest BCUT2D eigenvalue weighted by atomic mass is 19.1. The molecule has 3 aromatic rings. The Balaban J connectivity index is 1.59. The first-order chi connectivity index (χ1) is 13.6. The highest BCUT2D eigenvalue weighted by Crippen LogP contribution is 2.28. The zero-order valence-corrected chi connectivity index (χ0v) is 15.1. The molecule has 0 unspecified atom stereocenters. The number of hydrogen-bond acceptors (Lipinski definition) is 5. The number of halogens is 1. The van der Waals surface area contributed by atoms with Gasteiger partial charge in [0.15, 0.2) is 17.3 Å². The van der Waals surface area contributed by atoms with Crippen LogP contribution in [0.2, 0.25) is 0 Å². The summed E-state index contributed by atoms with van der Waals surface area (Å²) in [4.78, 5) is 26.6. The molecule has 2 atom stereocenters. The predicted octanol–water partition coefficient (Wildman–Crippen LogP) is 3.41. The molecule has 1 fully saturated rings. The van der Waals surface area contributed by atoms with Crippen LogP contribution in [-0.4, -0.2) is 42.6 Å². The molecule has 28 heavy (non-hydrogen) atoms. The van der Waals surface area contributed by atoms with E-state index < -0.39 is 29.8 Å². The number of likely N-dealkylation sites (tertiary alicyclic amines) is 1. The van der Waals surface area contributed by atoms with Gasteiger partial charge in [0.25, 0.3) is 5.91 Å². The molecule has 144 valence electrons. The van der Waals surface area contributed by atoms with E-state index in [0.717, 1.165) is 5.39 Å². The number of esters is 1. The van der Waals surface area contributed by atoms with E-state index in [9.17, 15) is 14.0 Å². The van der Waals surface area contributed by atoms with Crippen molar-refractivity contribution in [2.24, 2.45) is 0 Å². The number of nitrogens with zero attached hydrogens (tertiary/aromatic N) is 1. The lowest BCUT2D eigenvalue weighted by Crippen LogP contribution is -2.41. The van der Waals surface area contributed by atoms with Gasteiger partial charge in [0.2, 0.25) is 0 Å². The third-order valence-electron chi connectivity index (χ3n) is 4.76. The number of carbonyl (C=O) groups excluding carboxylic acids is 2. The van der Waals surface area contributed by atoms with E-state index in [0.29, 0.717) is 5.58 Å². The van der Waals surface area contributed by atoms with E-state index in [-0.39, 0.29) is 24.5 Å². The maximum Gasteiger partial charge on any atom is 0.328 e. The van der Waals surface area contributed by atoms with E-state index in [1.807, 2.05) is 18.2 Å². The van der Waals surface area contributed by atoms with Gasteiger partial charge in [-0.2, -0.15) is 0 Å². The van der Waals surface area contributed by atoms with Gasteiger partial charge in [-0.05, 0) is 24.3 Å². The molecule has 4 rings (SSSR count). The van der Waals surface area contributed by atoms with E-state index in [4.69, 9.17) is 13.9 Å². The summed E-state index contributed by atoms with van der Waals surface area (Å²) < 4.78 is 30.1. The zero-order chi connectivity index (χ0) is 19.7. The van der Waals surface area contributed by atoms with Crippen molar-refractivity contribution in [1.82, 2.24) is 4.90 Å². The fourth-order valence-corrected chi connectivity index (χ4v) is 3.42.